The molecule has 4 nitrogen and oxygen atoms in total. The van der Waals surface area contributed by atoms with E-state index < -0.39 is 5.97 Å². The average Bonchev–Trinajstić information content (AvgIpc) is 2.93. The number of carboxylic acids is 1. The van der Waals surface area contributed by atoms with Gasteiger partial charge in [-0.05, 0) is 5.56 Å². The molecule has 0 aliphatic rings. The lowest BCUT2D eigenvalue weighted by molar-refractivity contribution is -0.254. The Kier molecular flexibility index (Phi) is 3.51. The van der Waals surface area contributed by atoms with Gasteiger partial charge in [0.1, 0.15) is 5.69 Å². The molecule has 0 bridgehead atoms. The van der Waals surface area contributed by atoms with Gasteiger partial charge in [-0.15, -0.1) is 0 Å². The standard InChI is InChI=1S/C17H14N2O2/c20-17(21)15-12-19(11-13-7-3-1-4-8-13)18-16(15)14-9-5-2-6-10-14/h1-10,12H,11H2,(H,20,21)/p-1. The van der Waals surface area contributed by atoms with Crippen molar-refractivity contribution in [3.05, 3.63) is 78.0 Å². The average molecular weight is 277 g/mol. The van der Waals surface area contributed by atoms with Gasteiger partial charge in [0.25, 0.3) is 0 Å². The molecule has 0 radical (unpaired) electrons. The first-order valence-electron chi connectivity index (χ1n) is 6.62. The molecule has 0 saturated heterocycles. The molecular weight excluding hydrogens is 264 g/mol. The fourth-order valence-corrected chi connectivity index (χ4v) is 2.23. The minimum Gasteiger partial charge on any atom is -0.545 e. The van der Waals surface area contributed by atoms with E-state index in [4.69, 9.17) is 0 Å². The third-order valence-corrected chi connectivity index (χ3v) is 3.22. The molecule has 3 aromatic rings. The molecule has 0 aliphatic carbocycles. The van der Waals surface area contributed by atoms with Crippen LogP contribution in [-0.2, 0) is 6.54 Å². The topological polar surface area (TPSA) is 57.9 Å². The first-order valence-corrected chi connectivity index (χ1v) is 6.62. The van der Waals surface area contributed by atoms with Crippen molar-refractivity contribution >= 4 is 5.97 Å². The summed E-state index contributed by atoms with van der Waals surface area (Å²) in [6, 6.07) is 19.0. The van der Waals surface area contributed by atoms with Crippen molar-refractivity contribution in [2.75, 3.05) is 0 Å². The van der Waals surface area contributed by atoms with Crippen molar-refractivity contribution < 1.29 is 9.90 Å². The number of carbonyl (C=O) groups is 1. The molecule has 2 aromatic carbocycles. The SMILES string of the molecule is O=C([O-])c1cn(Cc2ccccc2)nc1-c1ccccc1. The van der Waals surface area contributed by atoms with Gasteiger partial charge in [-0.1, -0.05) is 60.7 Å². The quantitative estimate of drug-likeness (QED) is 0.732. The Morgan fingerprint density at radius 2 is 1.62 bits per heavy atom. The van der Waals surface area contributed by atoms with Gasteiger partial charge < -0.3 is 9.90 Å². The third kappa shape index (κ3) is 2.84. The van der Waals surface area contributed by atoms with Crippen molar-refractivity contribution in [2.24, 2.45) is 0 Å². The molecule has 1 heterocycles. The second kappa shape index (κ2) is 5.63. The normalized spacial score (nSPS) is 10.5. The molecule has 0 amide bonds. The van der Waals surface area contributed by atoms with Crippen molar-refractivity contribution in [1.29, 1.82) is 0 Å². The van der Waals surface area contributed by atoms with E-state index in [9.17, 15) is 9.90 Å². The van der Waals surface area contributed by atoms with Crippen LogP contribution in [0.3, 0.4) is 0 Å². The number of benzene rings is 2. The van der Waals surface area contributed by atoms with E-state index in [0.29, 0.717) is 12.2 Å². The second-order valence-corrected chi connectivity index (χ2v) is 4.73. The summed E-state index contributed by atoms with van der Waals surface area (Å²) in [7, 11) is 0. The number of hydrogen-bond donors (Lipinski definition) is 0. The van der Waals surface area contributed by atoms with E-state index in [-0.39, 0.29) is 5.56 Å². The molecule has 0 unspecified atom stereocenters. The number of carbonyl (C=O) groups excluding carboxylic acids is 1. The predicted molar refractivity (Wildman–Crippen MR) is 77.5 cm³/mol. The number of hydrogen-bond acceptors (Lipinski definition) is 3. The first kappa shape index (κ1) is 13.1. The lowest BCUT2D eigenvalue weighted by Gasteiger charge is -2.02. The van der Waals surface area contributed by atoms with Crippen LogP contribution in [0.4, 0.5) is 0 Å². The zero-order valence-electron chi connectivity index (χ0n) is 11.3. The van der Waals surface area contributed by atoms with Gasteiger partial charge in [0.15, 0.2) is 0 Å². The maximum Gasteiger partial charge on any atom is 0.101 e. The number of aromatic nitrogens is 2. The predicted octanol–water partition coefficient (Wildman–Crippen LogP) is 1.96. The van der Waals surface area contributed by atoms with Gasteiger partial charge in [0, 0.05) is 17.3 Å². The first-order chi connectivity index (χ1) is 10.2. The van der Waals surface area contributed by atoms with E-state index in [2.05, 4.69) is 5.10 Å². The molecular formula is C17H13N2O2-. The van der Waals surface area contributed by atoms with Crippen LogP contribution in [-0.4, -0.2) is 15.7 Å². The van der Waals surface area contributed by atoms with Gasteiger partial charge in [-0.25, -0.2) is 0 Å². The van der Waals surface area contributed by atoms with E-state index in [1.807, 2.05) is 60.7 Å². The van der Waals surface area contributed by atoms with Crippen molar-refractivity contribution in [3.8, 4) is 11.3 Å². The fourth-order valence-electron chi connectivity index (χ4n) is 2.23. The molecule has 3 rings (SSSR count). The van der Waals surface area contributed by atoms with Crippen LogP contribution in [0.5, 0.6) is 0 Å². The van der Waals surface area contributed by atoms with Crippen molar-refractivity contribution in [3.63, 3.8) is 0 Å². The maximum absolute atomic E-state index is 11.3. The monoisotopic (exact) mass is 277 g/mol. The summed E-state index contributed by atoms with van der Waals surface area (Å²) < 4.78 is 1.63. The van der Waals surface area contributed by atoms with Gasteiger partial charge in [-0.3, -0.25) is 4.68 Å². The highest BCUT2D eigenvalue weighted by Gasteiger charge is 2.12. The zero-order valence-corrected chi connectivity index (χ0v) is 11.3. The number of rotatable bonds is 4. The summed E-state index contributed by atoms with van der Waals surface area (Å²) in [6.45, 7) is 0.522. The Morgan fingerprint density at radius 1 is 1.00 bits per heavy atom. The molecule has 0 fully saturated rings. The number of carboxylic acid groups (broad SMARTS) is 1. The van der Waals surface area contributed by atoms with Crippen LogP contribution >= 0.6 is 0 Å². The highest BCUT2D eigenvalue weighted by molar-refractivity contribution is 5.93. The molecule has 21 heavy (non-hydrogen) atoms. The summed E-state index contributed by atoms with van der Waals surface area (Å²) in [5, 5.41) is 15.7. The van der Waals surface area contributed by atoms with Crippen molar-refractivity contribution in [2.45, 2.75) is 6.54 Å². The van der Waals surface area contributed by atoms with Crippen LogP contribution in [0.15, 0.2) is 66.9 Å². The van der Waals surface area contributed by atoms with Crippen LogP contribution < -0.4 is 5.11 Å². The van der Waals surface area contributed by atoms with Gasteiger partial charge in [0.05, 0.1) is 12.5 Å². The fraction of sp³-hybridized carbons (Fsp3) is 0.0588. The Labute approximate surface area is 122 Å². The highest BCUT2D eigenvalue weighted by Crippen LogP contribution is 2.21. The highest BCUT2D eigenvalue weighted by atomic mass is 16.4. The van der Waals surface area contributed by atoms with E-state index in [0.717, 1.165) is 11.1 Å². The summed E-state index contributed by atoms with van der Waals surface area (Å²) >= 11 is 0. The largest absolute Gasteiger partial charge is 0.545 e. The smallest absolute Gasteiger partial charge is 0.101 e. The zero-order chi connectivity index (χ0) is 14.7. The lowest BCUT2D eigenvalue weighted by Crippen LogP contribution is -2.22. The molecule has 0 aliphatic heterocycles. The third-order valence-electron chi connectivity index (χ3n) is 3.22. The maximum atomic E-state index is 11.3. The number of aromatic carboxylic acids is 1. The summed E-state index contributed by atoms with van der Waals surface area (Å²) in [6.07, 6.45) is 1.52. The summed E-state index contributed by atoms with van der Waals surface area (Å²) in [5.41, 5.74) is 2.37. The summed E-state index contributed by atoms with van der Waals surface area (Å²) in [5.74, 6) is -1.21. The van der Waals surface area contributed by atoms with Crippen LogP contribution in [0.25, 0.3) is 11.3 Å². The molecule has 4 heteroatoms. The molecule has 1 aromatic heterocycles. The summed E-state index contributed by atoms with van der Waals surface area (Å²) in [4.78, 5) is 11.3. The molecule has 0 spiro atoms. The molecule has 0 N–H and O–H groups in total. The van der Waals surface area contributed by atoms with E-state index >= 15 is 0 Å². The Balaban J connectivity index is 1.99. The lowest BCUT2D eigenvalue weighted by atomic mass is 10.1. The molecule has 0 atom stereocenters. The second-order valence-electron chi connectivity index (χ2n) is 4.73. The molecule has 104 valence electrons. The molecule has 0 saturated carbocycles. The Bertz CT molecular complexity index is 749. The van der Waals surface area contributed by atoms with Crippen molar-refractivity contribution in [1.82, 2.24) is 9.78 Å². The van der Waals surface area contributed by atoms with Crippen LogP contribution in [0.2, 0.25) is 0 Å². The van der Waals surface area contributed by atoms with Crippen LogP contribution in [0.1, 0.15) is 15.9 Å². The Morgan fingerprint density at radius 3 is 2.24 bits per heavy atom. The van der Waals surface area contributed by atoms with Gasteiger partial charge in [0.2, 0.25) is 0 Å². The van der Waals surface area contributed by atoms with Gasteiger partial charge in [-0.2, -0.15) is 5.10 Å². The van der Waals surface area contributed by atoms with E-state index in [1.54, 1.807) is 4.68 Å². The minimum absolute atomic E-state index is 0.108. The Hall–Kier alpha value is -2.88. The minimum atomic E-state index is -1.21. The van der Waals surface area contributed by atoms with E-state index in [1.165, 1.54) is 6.20 Å². The van der Waals surface area contributed by atoms with Gasteiger partial charge >= 0.3 is 0 Å². The number of nitrogens with zero attached hydrogens (tertiary/aromatic N) is 2. The van der Waals surface area contributed by atoms with Crippen LogP contribution in [0, 0.1) is 0 Å².